The molecule has 0 aliphatic heterocycles. The SMILES string of the molecule is CC(C)C(CNC(C)(C)C)Oc1ccc2c(c1)CCCC2. The maximum atomic E-state index is 6.27. The van der Waals surface area contributed by atoms with E-state index >= 15 is 0 Å². The first-order valence-electron chi connectivity index (χ1n) is 8.38. The molecule has 2 nitrogen and oxygen atoms in total. The van der Waals surface area contributed by atoms with E-state index in [1.807, 2.05) is 0 Å². The van der Waals surface area contributed by atoms with Crippen molar-refractivity contribution >= 4 is 0 Å². The molecular weight excluding hydrogens is 258 g/mol. The van der Waals surface area contributed by atoms with Gasteiger partial charge in [-0.15, -0.1) is 0 Å². The smallest absolute Gasteiger partial charge is 0.120 e. The van der Waals surface area contributed by atoms with Gasteiger partial charge in [0.05, 0.1) is 0 Å². The Kier molecular flexibility index (Phi) is 5.32. The molecule has 0 bridgehead atoms. The zero-order chi connectivity index (χ0) is 15.5. The molecule has 0 amide bonds. The molecule has 0 heterocycles. The van der Waals surface area contributed by atoms with E-state index in [0.717, 1.165) is 12.3 Å². The average Bonchev–Trinajstić information content (AvgIpc) is 2.42. The molecule has 1 unspecified atom stereocenters. The standard InChI is InChI=1S/C19H31NO/c1-14(2)18(13-20-19(3,4)5)21-17-11-10-15-8-6-7-9-16(15)12-17/h10-12,14,18,20H,6-9,13H2,1-5H3. The summed E-state index contributed by atoms with van der Waals surface area (Å²) in [6.07, 6.45) is 5.30. The van der Waals surface area contributed by atoms with E-state index < -0.39 is 0 Å². The summed E-state index contributed by atoms with van der Waals surface area (Å²) in [6, 6.07) is 6.68. The van der Waals surface area contributed by atoms with E-state index in [4.69, 9.17) is 4.74 Å². The minimum absolute atomic E-state index is 0.131. The largest absolute Gasteiger partial charge is 0.489 e. The van der Waals surface area contributed by atoms with Crippen LogP contribution in [-0.2, 0) is 12.8 Å². The van der Waals surface area contributed by atoms with Gasteiger partial charge in [-0.1, -0.05) is 19.9 Å². The van der Waals surface area contributed by atoms with E-state index in [0.29, 0.717) is 5.92 Å². The zero-order valence-corrected chi connectivity index (χ0v) is 14.3. The summed E-state index contributed by atoms with van der Waals surface area (Å²) in [4.78, 5) is 0. The highest BCUT2D eigenvalue weighted by Crippen LogP contribution is 2.26. The fraction of sp³-hybridized carbons (Fsp3) is 0.684. The number of hydrogen-bond donors (Lipinski definition) is 1. The van der Waals surface area contributed by atoms with Gasteiger partial charge < -0.3 is 10.1 Å². The molecule has 1 aromatic rings. The number of ether oxygens (including phenoxy) is 1. The minimum atomic E-state index is 0.131. The molecule has 1 aromatic carbocycles. The second kappa shape index (κ2) is 6.83. The first-order valence-corrected chi connectivity index (χ1v) is 8.38. The quantitative estimate of drug-likeness (QED) is 0.869. The first kappa shape index (κ1) is 16.4. The van der Waals surface area contributed by atoms with Crippen LogP contribution in [0.25, 0.3) is 0 Å². The van der Waals surface area contributed by atoms with E-state index in [1.165, 1.54) is 36.8 Å². The number of fused-ring (bicyclic) bond motifs is 1. The van der Waals surface area contributed by atoms with Crippen LogP contribution in [0.2, 0.25) is 0 Å². The second-order valence-corrected chi connectivity index (χ2v) is 7.67. The summed E-state index contributed by atoms with van der Waals surface area (Å²) in [7, 11) is 0. The monoisotopic (exact) mass is 289 g/mol. The molecule has 0 aromatic heterocycles. The Morgan fingerprint density at radius 1 is 1.10 bits per heavy atom. The van der Waals surface area contributed by atoms with Crippen LogP contribution in [0.4, 0.5) is 0 Å². The topological polar surface area (TPSA) is 21.3 Å². The number of benzene rings is 1. The average molecular weight is 289 g/mol. The third-order valence-corrected chi connectivity index (χ3v) is 4.18. The third-order valence-electron chi connectivity index (χ3n) is 4.18. The van der Waals surface area contributed by atoms with Crippen molar-refractivity contribution in [2.75, 3.05) is 6.54 Å². The van der Waals surface area contributed by atoms with Crippen LogP contribution < -0.4 is 10.1 Å². The lowest BCUT2D eigenvalue weighted by atomic mass is 9.92. The summed E-state index contributed by atoms with van der Waals surface area (Å²) in [6.45, 7) is 11.9. The summed E-state index contributed by atoms with van der Waals surface area (Å²) < 4.78 is 6.27. The lowest BCUT2D eigenvalue weighted by molar-refractivity contribution is 0.139. The molecule has 1 aliphatic carbocycles. The minimum Gasteiger partial charge on any atom is -0.489 e. The predicted octanol–water partition coefficient (Wildman–Crippen LogP) is 4.36. The van der Waals surface area contributed by atoms with E-state index in [1.54, 1.807) is 0 Å². The lowest BCUT2D eigenvalue weighted by Gasteiger charge is -2.28. The van der Waals surface area contributed by atoms with Gasteiger partial charge in [-0.25, -0.2) is 0 Å². The molecule has 0 spiro atoms. The van der Waals surface area contributed by atoms with Gasteiger partial charge in [0.25, 0.3) is 0 Å². The third kappa shape index (κ3) is 5.03. The van der Waals surface area contributed by atoms with Gasteiger partial charge in [-0.3, -0.25) is 0 Å². The van der Waals surface area contributed by atoms with Crippen LogP contribution in [0.5, 0.6) is 5.75 Å². The Bertz CT molecular complexity index is 459. The first-order chi connectivity index (χ1) is 9.85. The molecule has 2 rings (SSSR count). The van der Waals surface area contributed by atoms with Gasteiger partial charge in [0.2, 0.25) is 0 Å². The Balaban J connectivity index is 2.03. The van der Waals surface area contributed by atoms with Crippen LogP contribution in [0.1, 0.15) is 58.6 Å². The van der Waals surface area contributed by atoms with E-state index in [-0.39, 0.29) is 11.6 Å². The second-order valence-electron chi connectivity index (χ2n) is 7.67. The molecule has 1 aliphatic rings. The summed E-state index contributed by atoms with van der Waals surface area (Å²) in [5.74, 6) is 1.53. The van der Waals surface area contributed by atoms with Gasteiger partial charge in [-0.05, 0) is 75.6 Å². The van der Waals surface area contributed by atoms with Crippen molar-refractivity contribution in [2.24, 2.45) is 5.92 Å². The van der Waals surface area contributed by atoms with Gasteiger partial charge in [-0.2, -0.15) is 0 Å². The Labute approximate surface area is 130 Å². The molecule has 0 radical (unpaired) electrons. The van der Waals surface area contributed by atoms with Crippen molar-refractivity contribution in [3.05, 3.63) is 29.3 Å². The molecule has 1 atom stereocenters. The molecule has 1 N–H and O–H groups in total. The molecular formula is C19H31NO. The number of hydrogen-bond acceptors (Lipinski definition) is 2. The van der Waals surface area contributed by atoms with Crippen LogP contribution in [0, 0.1) is 5.92 Å². The zero-order valence-electron chi connectivity index (χ0n) is 14.3. The van der Waals surface area contributed by atoms with Crippen LogP contribution in [-0.4, -0.2) is 18.2 Å². The van der Waals surface area contributed by atoms with Crippen LogP contribution in [0.15, 0.2) is 18.2 Å². The molecule has 0 saturated carbocycles. The Hall–Kier alpha value is -1.02. The van der Waals surface area contributed by atoms with Crippen molar-refractivity contribution in [3.8, 4) is 5.75 Å². The van der Waals surface area contributed by atoms with E-state index in [2.05, 4.69) is 58.1 Å². The number of aryl methyl sites for hydroxylation is 2. The molecule has 0 saturated heterocycles. The van der Waals surface area contributed by atoms with Crippen molar-refractivity contribution < 1.29 is 4.74 Å². The van der Waals surface area contributed by atoms with Crippen molar-refractivity contribution in [1.29, 1.82) is 0 Å². The highest BCUT2D eigenvalue weighted by Gasteiger charge is 2.19. The normalized spacial score (nSPS) is 16.7. The van der Waals surface area contributed by atoms with Crippen LogP contribution >= 0.6 is 0 Å². The number of rotatable bonds is 5. The fourth-order valence-electron chi connectivity index (χ4n) is 2.78. The summed E-state index contributed by atoms with van der Waals surface area (Å²) in [5.41, 5.74) is 3.14. The fourth-order valence-corrected chi connectivity index (χ4v) is 2.78. The van der Waals surface area contributed by atoms with Gasteiger partial charge >= 0.3 is 0 Å². The lowest BCUT2D eigenvalue weighted by Crippen LogP contribution is -2.44. The Morgan fingerprint density at radius 3 is 2.38 bits per heavy atom. The Morgan fingerprint density at radius 2 is 1.76 bits per heavy atom. The predicted molar refractivity (Wildman–Crippen MR) is 90.1 cm³/mol. The van der Waals surface area contributed by atoms with Crippen molar-refractivity contribution in [2.45, 2.75) is 71.9 Å². The molecule has 0 fully saturated rings. The van der Waals surface area contributed by atoms with Gasteiger partial charge in [0.15, 0.2) is 0 Å². The number of nitrogens with one attached hydrogen (secondary N) is 1. The summed E-state index contributed by atoms with van der Waals surface area (Å²) >= 11 is 0. The molecule has 118 valence electrons. The van der Waals surface area contributed by atoms with Gasteiger partial charge in [0, 0.05) is 12.1 Å². The highest BCUT2D eigenvalue weighted by molar-refractivity contribution is 5.37. The maximum Gasteiger partial charge on any atom is 0.120 e. The van der Waals surface area contributed by atoms with Crippen LogP contribution in [0.3, 0.4) is 0 Å². The van der Waals surface area contributed by atoms with Crippen molar-refractivity contribution in [3.63, 3.8) is 0 Å². The van der Waals surface area contributed by atoms with Gasteiger partial charge in [0.1, 0.15) is 11.9 Å². The molecule has 2 heteroatoms. The van der Waals surface area contributed by atoms with Crippen molar-refractivity contribution in [1.82, 2.24) is 5.32 Å². The maximum absolute atomic E-state index is 6.27. The summed E-state index contributed by atoms with van der Waals surface area (Å²) in [5, 5.41) is 3.56. The van der Waals surface area contributed by atoms with E-state index in [9.17, 15) is 0 Å². The molecule has 21 heavy (non-hydrogen) atoms. The highest BCUT2D eigenvalue weighted by atomic mass is 16.5.